The van der Waals surface area contributed by atoms with Crippen LogP contribution < -0.4 is 5.73 Å². The quantitative estimate of drug-likeness (QED) is 0.901. The minimum Gasteiger partial charge on any atom is -0.323 e. The SMILES string of the molecule is NC(Cc1cccc(F)c1F)c1sccc1Cl. The predicted molar refractivity (Wildman–Crippen MR) is 66.3 cm³/mol. The summed E-state index contributed by atoms with van der Waals surface area (Å²) in [7, 11) is 0. The van der Waals surface area contributed by atoms with Gasteiger partial charge < -0.3 is 5.73 Å². The lowest BCUT2D eigenvalue weighted by molar-refractivity contribution is 0.494. The fraction of sp³-hybridized carbons (Fsp3) is 0.167. The molecule has 2 rings (SSSR count). The van der Waals surface area contributed by atoms with E-state index >= 15 is 0 Å². The van der Waals surface area contributed by atoms with Gasteiger partial charge in [-0.3, -0.25) is 0 Å². The Balaban J connectivity index is 2.22. The molecule has 0 fully saturated rings. The van der Waals surface area contributed by atoms with Crippen LogP contribution in [-0.4, -0.2) is 0 Å². The molecule has 1 heterocycles. The van der Waals surface area contributed by atoms with Crippen molar-refractivity contribution < 1.29 is 8.78 Å². The normalized spacial score (nSPS) is 12.7. The molecule has 2 aromatic rings. The average Bonchev–Trinajstić information content (AvgIpc) is 2.71. The van der Waals surface area contributed by atoms with Crippen molar-refractivity contribution in [3.8, 4) is 0 Å². The van der Waals surface area contributed by atoms with Gasteiger partial charge in [0.2, 0.25) is 0 Å². The van der Waals surface area contributed by atoms with Crippen molar-refractivity contribution >= 4 is 22.9 Å². The third-order valence-corrected chi connectivity index (χ3v) is 3.94. The predicted octanol–water partition coefficient (Wildman–Crippen LogP) is 3.92. The summed E-state index contributed by atoms with van der Waals surface area (Å²) in [5, 5.41) is 2.39. The van der Waals surface area contributed by atoms with E-state index in [0.717, 1.165) is 10.9 Å². The zero-order valence-electron chi connectivity index (χ0n) is 8.79. The van der Waals surface area contributed by atoms with Crippen molar-refractivity contribution in [3.63, 3.8) is 0 Å². The van der Waals surface area contributed by atoms with Crippen LogP contribution in [0.3, 0.4) is 0 Å². The van der Waals surface area contributed by atoms with Gasteiger partial charge in [-0.05, 0) is 29.5 Å². The molecular formula is C12H10ClF2NS. The third kappa shape index (κ3) is 2.65. The lowest BCUT2D eigenvalue weighted by atomic mass is 10.0. The van der Waals surface area contributed by atoms with Gasteiger partial charge in [-0.1, -0.05) is 23.7 Å². The van der Waals surface area contributed by atoms with E-state index in [1.165, 1.54) is 23.5 Å². The molecule has 0 amide bonds. The first-order valence-corrected chi connectivity index (χ1v) is 6.26. The van der Waals surface area contributed by atoms with Crippen molar-refractivity contribution in [2.45, 2.75) is 12.5 Å². The van der Waals surface area contributed by atoms with Crippen molar-refractivity contribution in [1.82, 2.24) is 0 Å². The molecule has 5 heteroatoms. The van der Waals surface area contributed by atoms with Gasteiger partial charge in [0, 0.05) is 10.9 Å². The molecule has 1 aromatic carbocycles. The first kappa shape index (κ1) is 12.5. The topological polar surface area (TPSA) is 26.0 Å². The second-order valence-corrected chi connectivity index (χ2v) is 5.01. The molecule has 1 unspecified atom stereocenters. The summed E-state index contributed by atoms with van der Waals surface area (Å²) in [5.74, 6) is -1.69. The first-order chi connectivity index (χ1) is 8.09. The summed E-state index contributed by atoms with van der Waals surface area (Å²) in [4.78, 5) is 0.787. The highest BCUT2D eigenvalue weighted by Gasteiger charge is 2.16. The second-order valence-electron chi connectivity index (χ2n) is 3.66. The van der Waals surface area contributed by atoms with Gasteiger partial charge in [0.15, 0.2) is 11.6 Å². The zero-order chi connectivity index (χ0) is 12.4. The lowest BCUT2D eigenvalue weighted by Gasteiger charge is -2.11. The molecule has 0 spiro atoms. The standard InChI is InChI=1S/C12H10ClF2NS/c13-8-4-5-17-12(8)10(16)6-7-2-1-3-9(14)11(7)15/h1-5,10H,6,16H2. The van der Waals surface area contributed by atoms with E-state index in [9.17, 15) is 8.78 Å². The number of halogens is 3. The Bertz CT molecular complexity index is 527. The summed E-state index contributed by atoms with van der Waals surface area (Å²) < 4.78 is 26.5. The van der Waals surface area contributed by atoms with Crippen molar-refractivity contribution in [1.29, 1.82) is 0 Å². The highest BCUT2D eigenvalue weighted by atomic mass is 35.5. The van der Waals surface area contributed by atoms with Gasteiger partial charge in [0.1, 0.15) is 0 Å². The minimum absolute atomic E-state index is 0.226. The summed E-state index contributed by atoms with van der Waals surface area (Å²) in [6.07, 6.45) is 0.226. The Hall–Kier alpha value is -0.970. The first-order valence-electron chi connectivity index (χ1n) is 5.01. The molecule has 0 radical (unpaired) electrons. The maximum absolute atomic E-state index is 13.4. The van der Waals surface area contributed by atoms with Gasteiger partial charge >= 0.3 is 0 Å². The maximum atomic E-state index is 13.4. The Kier molecular flexibility index (Phi) is 3.76. The molecule has 1 nitrogen and oxygen atoms in total. The fourth-order valence-electron chi connectivity index (χ4n) is 1.61. The molecular weight excluding hydrogens is 264 g/mol. The molecule has 0 aliphatic carbocycles. The van der Waals surface area contributed by atoms with Crippen LogP contribution in [0.1, 0.15) is 16.5 Å². The van der Waals surface area contributed by atoms with Crippen LogP contribution in [0.15, 0.2) is 29.6 Å². The number of rotatable bonds is 3. The zero-order valence-corrected chi connectivity index (χ0v) is 10.4. The Morgan fingerprint density at radius 2 is 2.06 bits per heavy atom. The molecule has 90 valence electrons. The van der Waals surface area contributed by atoms with E-state index in [4.69, 9.17) is 17.3 Å². The molecule has 1 aromatic heterocycles. The molecule has 2 N–H and O–H groups in total. The highest BCUT2D eigenvalue weighted by molar-refractivity contribution is 7.10. The summed E-state index contributed by atoms with van der Waals surface area (Å²) >= 11 is 7.35. The average molecular weight is 274 g/mol. The van der Waals surface area contributed by atoms with Crippen LogP contribution in [0.25, 0.3) is 0 Å². The highest BCUT2D eigenvalue weighted by Crippen LogP contribution is 2.29. The molecule has 17 heavy (non-hydrogen) atoms. The molecule has 0 bridgehead atoms. The Morgan fingerprint density at radius 1 is 1.29 bits per heavy atom. The van der Waals surface area contributed by atoms with E-state index in [-0.39, 0.29) is 12.0 Å². The van der Waals surface area contributed by atoms with Gasteiger partial charge in [-0.15, -0.1) is 11.3 Å². The second kappa shape index (κ2) is 5.12. The van der Waals surface area contributed by atoms with Gasteiger partial charge in [0.05, 0.1) is 5.02 Å². The number of benzene rings is 1. The molecule has 0 aliphatic rings. The van der Waals surface area contributed by atoms with Crippen LogP contribution in [0.4, 0.5) is 8.78 Å². The van der Waals surface area contributed by atoms with E-state index in [1.54, 1.807) is 6.07 Å². The van der Waals surface area contributed by atoms with E-state index in [1.807, 2.05) is 5.38 Å². The minimum atomic E-state index is -0.855. The Labute approximate surface area is 107 Å². The fourth-order valence-corrected chi connectivity index (χ4v) is 2.81. The van der Waals surface area contributed by atoms with Crippen molar-refractivity contribution in [2.75, 3.05) is 0 Å². The van der Waals surface area contributed by atoms with Crippen LogP contribution >= 0.6 is 22.9 Å². The van der Waals surface area contributed by atoms with Crippen LogP contribution in [0, 0.1) is 11.6 Å². The molecule has 1 atom stereocenters. The van der Waals surface area contributed by atoms with Gasteiger partial charge in [0.25, 0.3) is 0 Å². The molecule has 0 aliphatic heterocycles. The number of thiophene rings is 1. The summed E-state index contributed by atoms with van der Waals surface area (Å²) in [6.45, 7) is 0. The van der Waals surface area contributed by atoms with Gasteiger partial charge in [-0.25, -0.2) is 8.78 Å². The van der Waals surface area contributed by atoms with Crippen LogP contribution in [-0.2, 0) is 6.42 Å². The number of hydrogen-bond donors (Lipinski definition) is 1. The van der Waals surface area contributed by atoms with E-state index in [2.05, 4.69) is 0 Å². The van der Waals surface area contributed by atoms with Crippen LogP contribution in [0.2, 0.25) is 5.02 Å². The van der Waals surface area contributed by atoms with Crippen LogP contribution in [0.5, 0.6) is 0 Å². The largest absolute Gasteiger partial charge is 0.323 e. The third-order valence-electron chi connectivity index (χ3n) is 2.45. The lowest BCUT2D eigenvalue weighted by Crippen LogP contribution is -2.13. The molecule has 0 saturated heterocycles. The van der Waals surface area contributed by atoms with Crippen molar-refractivity contribution in [3.05, 3.63) is 56.7 Å². The number of hydrogen-bond acceptors (Lipinski definition) is 2. The van der Waals surface area contributed by atoms with Crippen molar-refractivity contribution in [2.24, 2.45) is 5.73 Å². The Morgan fingerprint density at radius 3 is 2.71 bits per heavy atom. The molecule has 0 saturated carbocycles. The summed E-state index contributed by atoms with van der Waals surface area (Å²) in [5.41, 5.74) is 6.19. The smallest absolute Gasteiger partial charge is 0.162 e. The maximum Gasteiger partial charge on any atom is 0.162 e. The summed E-state index contributed by atoms with van der Waals surface area (Å²) in [6, 6.07) is 5.40. The van der Waals surface area contributed by atoms with E-state index in [0.29, 0.717) is 5.02 Å². The van der Waals surface area contributed by atoms with Gasteiger partial charge in [-0.2, -0.15) is 0 Å². The monoisotopic (exact) mass is 273 g/mol. The van der Waals surface area contributed by atoms with E-state index < -0.39 is 17.7 Å². The number of nitrogens with two attached hydrogens (primary N) is 1.